The van der Waals surface area contributed by atoms with Crippen molar-refractivity contribution >= 4 is 44.7 Å². The van der Waals surface area contributed by atoms with Gasteiger partial charge in [-0.1, -0.05) is 42.5 Å². The van der Waals surface area contributed by atoms with E-state index >= 15 is 0 Å². The topological polar surface area (TPSA) is 42.1 Å². The summed E-state index contributed by atoms with van der Waals surface area (Å²) in [5.74, 6) is 0. The molecular weight excluding hydrogens is 382 g/mol. The number of thiocarbonyl (C=S) groups is 1. The summed E-state index contributed by atoms with van der Waals surface area (Å²) in [5, 5.41) is 0.658. The van der Waals surface area contributed by atoms with Crippen molar-refractivity contribution in [2.75, 3.05) is 6.54 Å². The Kier molecular flexibility index (Phi) is 4.42. The summed E-state index contributed by atoms with van der Waals surface area (Å²) in [6.45, 7) is 4.50. The molecule has 1 unspecified atom stereocenters. The fraction of sp³-hybridized carbons (Fsp3) is 0.375. The van der Waals surface area contributed by atoms with Crippen LogP contribution in [0.4, 0.5) is 0 Å². The summed E-state index contributed by atoms with van der Waals surface area (Å²) in [6, 6.07) is 2.62. The van der Waals surface area contributed by atoms with Crippen molar-refractivity contribution in [3.8, 4) is 0 Å². The molecule has 1 aromatic rings. The number of fused-ring (bicyclic) bond motifs is 2. The van der Waals surface area contributed by atoms with Crippen molar-refractivity contribution < 1.29 is 0 Å². The molecule has 22 heavy (non-hydrogen) atoms. The van der Waals surface area contributed by atoms with Gasteiger partial charge in [0.05, 0.1) is 10.4 Å². The average Bonchev–Trinajstić information content (AvgIpc) is 2.70. The van der Waals surface area contributed by atoms with Crippen molar-refractivity contribution in [2.45, 2.75) is 30.3 Å². The minimum absolute atomic E-state index is 0.273. The molecule has 0 aromatic carbocycles. The molecule has 1 fully saturated rings. The zero-order chi connectivity index (χ0) is 15.9. The Balaban J connectivity index is 1.96. The van der Waals surface area contributed by atoms with Crippen molar-refractivity contribution in [1.82, 2.24) is 9.88 Å². The van der Waals surface area contributed by atoms with Crippen LogP contribution in [-0.2, 0) is 5.41 Å². The third kappa shape index (κ3) is 2.75. The van der Waals surface area contributed by atoms with Crippen molar-refractivity contribution in [3.63, 3.8) is 0 Å². The van der Waals surface area contributed by atoms with E-state index < -0.39 is 0 Å². The lowest BCUT2D eigenvalue weighted by Gasteiger charge is -2.46. The average molecular weight is 399 g/mol. The molecule has 3 rings (SSSR count). The maximum Gasteiger partial charge on any atom is 0.0836 e. The minimum atomic E-state index is -0.324. The Morgan fingerprint density at radius 3 is 2.59 bits per heavy atom. The molecule has 1 saturated heterocycles. The van der Waals surface area contributed by atoms with E-state index in [4.69, 9.17) is 29.6 Å². The Bertz CT molecular complexity index is 645. The zero-order valence-electron chi connectivity index (χ0n) is 12.0. The van der Waals surface area contributed by atoms with E-state index in [0.717, 1.165) is 22.9 Å². The van der Waals surface area contributed by atoms with E-state index in [2.05, 4.69) is 50.6 Å². The fourth-order valence-electron chi connectivity index (χ4n) is 3.58. The van der Waals surface area contributed by atoms with E-state index in [9.17, 15) is 0 Å². The number of piperidine rings is 1. The second-order valence-electron chi connectivity index (χ2n) is 5.96. The van der Waals surface area contributed by atoms with Crippen LogP contribution < -0.4 is 5.73 Å². The Labute approximate surface area is 149 Å². The van der Waals surface area contributed by atoms with Crippen LogP contribution in [-0.4, -0.2) is 33.5 Å². The normalized spacial score (nSPS) is 30.5. The first-order valence-corrected chi connectivity index (χ1v) is 8.68. The number of halogens is 2. The zero-order valence-corrected chi connectivity index (χ0v) is 15.2. The molecule has 3 atom stereocenters. The molecule has 0 aliphatic carbocycles. The van der Waals surface area contributed by atoms with Crippen LogP contribution in [0.2, 0.25) is 0 Å². The summed E-state index contributed by atoms with van der Waals surface area (Å²) >= 11 is 15.0. The lowest BCUT2D eigenvalue weighted by Crippen LogP contribution is -2.55. The van der Waals surface area contributed by atoms with E-state index in [-0.39, 0.29) is 17.5 Å². The number of nitrogens with zero attached hydrogens (tertiary/aromatic N) is 2. The highest BCUT2D eigenvalue weighted by atomic mass is 79.9. The highest BCUT2D eigenvalue weighted by Crippen LogP contribution is 2.45. The maximum atomic E-state index is 6.18. The number of rotatable bonds is 4. The molecule has 0 amide bonds. The molecule has 3 heterocycles. The lowest BCUT2D eigenvalue weighted by molar-refractivity contribution is 0.137. The number of aromatic nitrogens is 1. The monoisotopic (exact) mass is 397 g/mol. The van der Waals surface area contributed by atoms with E-state index in [1.165, 1.54) is 0 Å². The van der Waals surface area contributed by atoms with Gasteiger partial charge in [0.2, 0.25) is 0 Å². The Morgan fingerprint density at radius 2 is 2.09 bits per heavy atom. The van der Waals surface area contributed by atoms with Crippen LogP contribution >= 0.6 is 39.7 Å². The molecule has 2 aliphatic heterocycles. The van der Waals surface area contributed by atoms with Gasteiger partial charge in [-0.25, -0.2) is 0 Å². The quantitative estimate of drug-likeness (QED) is 0.622. The van der Waals surface area contributed by atoms with E-state index in [1.54, 1.807) is 6.20 Å². The lowest BCUT2D eigenvalue weighted by atomic mass is 9.70. The smallest absolute Gasteiger partial charge is 0.0836 e. The highest BCUT2D eigenvalue weighted by Gasteiger charge is 2.48. The molecule has 6 heteroatoms. The van der Waals surface area contributed by atoms with Gasteiger partial charge in [-0.2, -0.15) is 0 Å². The van der Waals surface area contributed by atoms with Gasteiger partial charge < -0.3 is 5.73 Å². The Morgan fingerprint density at radius 1 is 1.45 bits per heavy atom. The molecule has 0 radical (unpaired) electrons. The third-order valence-corrected chi connectivity index (χ3v) is 5.55. The largest absolute Gasteiger partial charge is 0.393 e. The molecule has 116 valence electrons. The van der Waals surface area contributed by atoms with Gasteiger partial charge in [-0.3, -0.25) is 9.88 Å². The predicted octanol–water partition coefficient (Wildman–Crippen LogP) is 3.52. The molecule has 3 nitrogen and oxygen atoms in total. The van der Waals surface area contributed by atoms with E-state index in [1.807, 2.05) is 6.20 Å². The van der Waals surface area contributed by atoms with Crippen LogP contribution in [0.1, 0.15) is 18.4 Å². The number of nitrogens with two attached hydrogens (primary N) is 1. The van der Waals surface area contributed by atoms with Crippen LogP contribution in [0.3, 0.4) is 0 Å². The standard InChI is InChI=1S/C16H17BrClN3S/c1-10(18)9-21-13-2-3-14(21)6-16(5-13,15(19)22)11-4-12(17)8-20-7-11/h2-4,7-8,13-14H,1,5-6,9H2,(H2,19,22)/t13-,14+,16?. The van der Waals surface area contributed by atoms with Crippen molar-refractivity contribution in [3.05, 3.63) is 52.3 Å². The van der Waals surface area contributed by atoms with Gasteiger partial charge in [-0.15, -0.1) is 0 Å². The van der Waals surface area contributed by atoms with E-state index in [0.29, 0.717) is 16.6 Å². The van der Waals surface area contributed by atoms with Gasteiger partial charge in [0.1, 0.15) is 0 Å². The molecule has 0 spiro atoms. The second kappa shape index (κ2) is 6.04. The third-order valence-electron chi connectivity index (χ3n) is 4.61. The summed E-state index contributed by atoms with van der Waals surface area (Å²) in [5.41, 5.74) is 6.94. The summed E-state index contributed by atoms with van der Waals surface area (Å²) in [4.78, 5) is 7.19. The number of hydrogen-bond acceptors (Lipinski definition) is 3. The van der Waals surface area contributed by atoms with Crippen LogP contribution in [0.5, 0.6) is 0 Å². The summed E-state index contributed by atoms with van der Waals surface area (Å²) < 4.78 is 0.942. The molecule has 0 saturated carbocycles. The second-order valence-corrected chi connectivity index (χ2v) is 7.85. The molecule has 1 aromatic heterocycles. The number of pyridine rings is 1. The molecule has 2 bridgehead atoms. The number of hydrogen-bond donors (Lipinski definition) is 1. The van der Waals surface area contributed by atoms with Gasteiger partial charge in [0, 0.05) is 40.5 Å². The molecular formula is C16H17BrClN3S. The van der Waals surface area contributed by atoms with Gasteiger partial charge in [0.25, 0.3) is 0 Å². The van der Waals surface area contributed by atoms with Gasteiger partial charge in [0.15, 0.2) is 0 Å². The first-order valence-electron chi connectivity index (χ1n) is 7.11. The van der Waals surface area contributed by atoms with Crippen LogP contribution in [0.25, 0.3) is 0 Å². The SMILES string of the molecule is C=C(Cl)CN1[C@@H]2C=C[C@H]1CC(C(N)=S)(c1cncc(Br)c1)C2. The summed E-state index contributed by atoms with van der Waals surface area (Å²) in [7, 11) is 0. The molecule has 2 N–H and O–H groups in total. The fourth-order valence-corrected chi connectivity index (χ4v) is 4.36. The first-order chi connectivity index (χ1) is 10.4. The molecule has 2 aliphatic rings. The first kappa shape index (κ1) is 16.1. The highest BCUT2D eigenvalue weighted by molar-refractivity contribution is 9.10. The van der Waals surface area contributed by atoms with Crippen molar-refractivity contribution in [2.24, 2.45) is 5.73 Å². The van der Waals surface area contributed by atoms with Crippen molar-refractivity contribution in [1.29, 1.82) is 0 Å². The van der Waals surface area contributed by atoms with Gasteiger partial charge in [-0.05, 0) is 40.4 Å². The maximum absolute atomic E-state index is 6.18. The minimum Gasteiger partial charge on any atom is -0.393 e. The summed E-state index contributed by atoms with van der Waals surface area (Å²) in [6.07, 6.45) is 9.80. The Hall–Kier alpha value is -0.750. The predicted molar refractivity (Wildman–Crippen MR) is 98.0 cm³/mol. The van der Waals surface area contributed by atoms with Crippen LogP contribution in [0, 0.1) is 0 Å². The van der Waals surface area contributed by atoms with Crippen LogP contribution in [0.15, 0.2) is 46.7 Å². The van der Waals surface area contributed by atoms with Gasteiger partial charge >= 0.3 is 0 Å².